The van der Waals surface area contributed by atoms with Crippen LogP contribution in [-0.2, 0) is 13.1 Å². The van der Waals surface area contributed by atoms with Gasteiger partial charge in [0.2, 0.25) is 0 Å². The fourth-order valence-corrected chi connectivity index (χ4v) is 3.15. The lowest BCUT2D eigenvalue weighted by molar-refractivity contribution is 0.185. The summed E-state index contributed by atoms with van der Waals surface area (Å²) in [5.74, 6) is 1.84. The molecule has 1 aromatic rings. The van der Waals surface area contributed by atoms with Crippen molar-refractivity contribution in [3.8, 4) is 0 Å². The summed E-state index contributed by atoms with van der Waals surface area (Å²) in [6.07, 6.45) is 3.81. The Morgan fingerprint density at radius 1 is 1.26 bits per heavy atom. The zero-order valence-corrected chi connectivity index (χ0v) is 16.4. The molecule has 0 aliphatic carbocycles. The van der Waals surface area contributed by atoms with E-state index in [9.17, 15) is 0 Å². The van der Waals surface area contributed by atoms with Crippen molar-refractivity contribution >= 4 is 29.9 Å². The van der Waals surface area contributed by atoms with E-state index in [0.29, 0.717) is 0 Å². The first-order chi connectivity index (χ1) is 10.8. The van der Waals surface area contributed by atoms with Gasteiger partial charge in [0.1, 0.15) is 0 Å². The molecule has 128 valence electrons. The highest BCUT2D eigenvalue weighted by Crippen LogP contribution is 2.18. The predicted octanol–water partition coefficient (Wildman–Crippen LogP) is 2.98. The Morgan fingerprint density at radius 2 is 2.04 bits per heavy atom. The van der Waals surface area contributed by atoms with Crippen LogP contribution in [0.1, 0.15) is 37.3 Å². The fourth-order valence-electron chi connectivity index (χ4n) is 3.15. The average molecular weight is 428 g/mol. The van der Waals surface area contributed by atoms with Gasteiger partial charge in [-0.1, -0.05) is 31.2 Å². The summed E-state index contributed by atoms with van der Waals surface area (Å²) in [6, 6.07) is 8.94. The van der Waals surface area contributed by atoms with Gasteiger partial charge in [-0.2, -0.15) is 0 Å². The molecule has 2 aliphatic rings. The maximum atomic E-state index is 4.45. The normalized spacial score (nSPS) is 19.4. The fraction of sp³-hybridized carbons (Fsp3) is 0.611. The summed E-state index contributed by atoms with van der Waals surface area (Å²) in [4.78, 5) is 7.04. The zero-order chi connectivity index (χ0) is 15.2. The van der Waals surface area contributed by atoms with Gasteiger partial charge in [-0.3, -0.25) is 9.89 Å². The minimum atomic E-state index is 0. The smallest absolute Gasteiger partial charge is 0.191 e. The van der Waals surface area contributed by atoms with Gasteiger partial charge in [0, 0.05) is 26.2 Å². The summed E-state index contributed by atoms with van der Waals surface area (Å²) < 4.78 is 0. The number of hydrogen-bond acceptors (Lipinski definition) is 4. The minimum Gasteiger partial charge on any atom is -0.356 e. The van der Waals surface area contributed by atoms with Gasteiger partial charge < -0.3 is 10.6 Å². The summed E-state index contributed by atoms with van der Waals surface area (Å²) in [5.41, 5.74) is 2.75. The van der Waals surface area contributed by atoms with Gasteiger partial charge in [-0.25, -0.2) is 0 Å². The lowest BCUT2D eigenvalue weighted by atomic mass is 9.98. The molecular formula is C18H29IN4. The van der Waals surface area contributed by atoms with E-state index in [1.54, 1.807) is 0 Å². The molecule has 3 rings (SSSR count). The second kappa shape index (κ2) is 9.47. The number of halogens is 1. The Hall–Kier alpha value is -0.820. The summed E-state index contributed by atoms with van der Waals surface area (Å²) in [6.45, 7) is 8.73. The van der Waals surface area contributed by atoms with E-state index < -0.39 is 0 Å². The van der Waals surface area contributed by atoms with E-state index >= 15 is 0 Å². The molecule has 2 N–H and O–H groups in total. The monoisotopic (exact) mass is 428 g/mol. The topological polar surface area (TPSA) is 39.7 Å². The van der Waals surface area contributed by atoms with Gasteiger partial charge in [0.05, 0.1) is 0 Å². The third kappa shape index (κ3) is 5.95. The van der Waals surface area contributed by atoms with Crippen molar-refractivity contribution in [3.05, 3.63) is 35.4 Å². The minimum absolute atomic E-state index is 0. The Morgan fingerprint density at radius 3 is 2.78 bits per heavy atom. The molecule has 2 aliphatic heterocycles. The molecule has 2 heterocycles. The third-order valence-electron chi connectivity index (χ3n) is 4.63. The van der Waals surface area contributed by atoms with Crippen molar-refractivity contribution < 1.29 is 0 Å². The molecule has 4 nitrogen and oxygen atoms in total. The first-order valence-corrected chi connectivity index (χ1v) is 8.62. The molecular weight excluding hydrogens is 399 g/mol. The summed E-state index contributed by atoms with van der Waals surface area (Å²) >= 11 is 0. The number of rotatable bonds is 4. The summed E-state index contributed by atoms with van der Waals surface area (Å²) in [5, 5.41) is 6.70. The standard InChI is InChI=1S/C18H28N4.HI/c1-15-6-10-22(11-7-15)14-17-5-2-4-16(12-17)13-21-18-19-8-3-9-20-18;/h2,4-5,12,15H,3,6-11,13-14H2,1H3,(H2,19,20,21);1H. The van der Waals surface area contributed by atoms with Crippen molar-refractivity contribution in [2.75, 3.05) is 26.2 Å². The quantitative estimate of drug-likeness (QED) is 0.725. The first-order valence-electron chi connectivity index (χ1n) is 8.62. The number of piperidine rings is 1. The molecule has 0 unspecified atom stereocenters. The SMILES string of the molecule is CC1CCN(Cc2cccc(CNC3=NCCCN3)c2)CC1.I. The second-order valence-electron chi connectivity index (χ2n) is 6.64. The summed E-state index contributed by atoms with van der Waals surface area (Å²) in [7, 11) is 0. The maximum absolute atomic E-state index is 4.45. The van der Waals surface area contributed by atoms with Crippen LogP contribution in [-0.4, -0.2) is 37.0 Å². The Balaban J connectivity index is 0.00000192. The van der Waals surface area contributed by atoms with Crippen LogP contribution in [0, 0.1) is 5.92 Å². The lowest BCUT2D eigenvalue weighted by Gasteiger charge is -2.30. The van der Waals surface area contributed by atoms with Crippen LogP contribution < -0.4 is 10.6 Å². The van der Waals surface area contributed by atoms with E-state index in [4.69, 9.17) is 0 Å². The second-order valence-corrected chi connectivity index (χ2v) is 6.64. The van der Waals surface area contributed by atoms with E-state index in [-0.39, 0.29) is 24.0 Å². The Kier molecular flexibility index (Phi) is 7.62. The largest absolute Gasteiger partial charge is 0.356 e. The van der Waals surface area contributed by atoms with Crippen LogP contribution in [0.3, 0.4) is 0 Å². The third-order valence-corrected chi connectivity index (χ3v) is 4.63. The van der Waals surface area contributed by atoms with Crippen LogP contribution in [0.4, 0.5) is 0 Å². The van der Waals surface area contributed by atoms with E-state index in [2.05, 4.69) is 51.7 Å². The number of hydrogen-bond donors (Lipinski definition) is 2. The predicted molar refractivity (Wildman–Crippen MR) is 107 cm³/mol. The van der Waals surface area contributed by atoms with Crippen LogP contribution in [0.2, 0.25) is 0 Å². The zero-order valence-electron chi connectivity index (χ0n) is 14.1. The molecule has 23 heavy (non-hydrogen) atoms. The molecule has 0 spiro atoms. The molecule has 0 bridgehead atoms. The van der Waals surface area contributed by atoms with Crippen molar-refractivity contribution in [2.45, 2.75) is 39.3 Å². The highest BCUT2D eigenvalue weighted by molar-refractivity contribution is 14.0. The Bertz CT molecular complexity index is 509. The molecule has 0 atom stereocenters. The van der Waals surface area contributed by atoms with Crippen molar-refractivity contribution in [1.29, 1.82) is 0 Å². The van der Waals surface area contributed by atoms with E-state index in [1.807, 2.05) is 0 Å². The number of aliphatic imine (C=N–C) groups is 1. The number of nitrogens with zero attached hydrogens (tertiary/aromatic N) is 2. The number of likely N-dealkylation sites (tertiary alicyclic amines) is 1. The molecule has 0 saturated carbocycles. The number of nitrogens with one attached hydrogen (secondary N) is 2. The molecule has 1 aromatic carbocycles. The van der Waals surface area contributed by atoms with Crippen molar-refractivity contribution in [1.82, 2.24) is 15.5 Å². The highest BCUT2D eigenvalue weighted by atomic mass is 127. The lowest BCUT2D eigenvalue weighted by Crippen LogP contribution is -2.40. The van der Waals surface area contributed by atoms with Crippen LogP contribution in [0.5, 0.6) is 0 Å². The maximum Gasteiger partial charge on any atom is 0.191 e. The van der Waals surface area contributed by atoms with E-state index in [1.165, 1.54) is 37.1 Å². The van der Waals surface area contributed by atoms with Gasteiger partial charge in [0.15, 0.2) is 5.96 Å². The van der Waals surface area contributed by atoms with E-state index in [0.717, 1.165) is 44.5 Å². The van der Waals surface area contributed by atoms with Gasteiger partial charge in [-0.15, -0.1) is 24.0 Å². The van der Waals surface area contributed by atoms with Crippen molar-refractivity contribution in [3.63, 3.8) is 0 Å². The average Bonchev–Trinajstić information content (AvgIpc) is 2.57. The Labute approximate surface area is 157 Å². The molecule has 0 amide bonds. The van der Waals surface area contributed by atoms with Gasteiger partial charge >= 0.3 is 0 Å². The molecule has 1 saturated heterocycles. The van der Waals surface area contributed by atoms with Crippen LogP contribution in [0.25, 0.3) is 0 Å². The van der Waals surface area contributed by atoms with Crippen molar-refractivity contribution in [2.24, 2.45) is 10.9 Å². The molecule has 0 radical (unpaired) electrons. The highest BCUT2D eigenvalue weighted by Gasteiger charge is 2.15. The molecule has 0 aromatic heterocycles. The van der Waals surface area contributed by atoms with Crippen LogP contribution >= 0.6 is 24.0 Å². The van der Waals surface area contributed by atoms with Gasteiger partial charge in [0.25, 0.3) is 0 Å². The number of guanidine groups is 1. The molecule has 1 fully saturated rings. The number of benzene rings is 1. The van der Waals surface area contributed by atoms with Crippen LogP contribution in [0.15, 0.2) is 29.3 Å². The first kappa shape index (κ1) is 18.5. The molecule has 5 heteroatoms. The van der Waals surface area contributed by atoms with Gasteiger partial charge in [-0.05, 0) is 49.4 Å².